The summed E-state index contributed by atoms with van der Waals surface area (Å²) in [4.78, 5) is 14.8. The van der Waals surface area contributed by atoms with E-state index in [2.05, 4.69) is 10.3 Å². The molecule has 0 aliphatic carbocycles. The number of rotatable bonds is 7. The second kappa shape index (κ2) is 6.85. The number of carboxylic acid groups (broad SMARTS) is 1. The van der Waals surface area contributed by atoms with Crippen LogP contribution >= 0.6 is 0 Å². The zero-order valence-electron chi connectivity index (χ0n) is 9.89. The molecular formula is C12H18N2O3. The number of hydrogen-bond acceptors (Lipinski definition) is 4. The van der Waals surface area contributed by atoms with Gasteiger partial charge in [-0.1, -0.05) is 6.92 Å². The fraction of sp³-hybridized carbons (Fsp3) is 0.500. The molecule has 0 bridgehead atoms. The van der Waals surface area contributed by atoms with Crippen LogP contribution in [-0.2, 0) is 0 Å². The van der Waals surface area contributed by atoms with E-state index in [1.54, 1.807) is 0 Å². The zero-order valence-corrected chi connectivity index (χ0v) is 9.89. The molecule has 1 aromatic rings. The van der Waals surface area contributed by atoms with Gasteiger partial charge in [-0.05, 0) is 30.9 Å². The number of nitrogens with zero attached hydrogens (tertiary/aromatic N) is 1. The molecule has 5 heteroatoms. The summed E-state index contributed by atoms with van der Waals surface area (Å²) in [5.74, 6) is -0.0824. The van der Waals surface area contributed by atoms with Crippen LogP contribution in [0.25, 0.3) is 0 Å². The monoisotopic (exact) mass is 238 g/mol. The second-order valence-corrected chi connectivity index (χ2v) is 4.09. The Balaban J connectivity index is 2.36. The SMILES string of the molecule is CC(CO)CCCNc1cc(C(=O)O)ccn1. The van der Waals surface area contributed by atoms with Crippen molar-refractivity contribution in [1.29, 1.82) is 0 Å². The number of aliphatic hydroxyl groups is 1. The lowest BCUT2D eigenvalue weighted by Crippen LogP contribution is -2.08. The number of carboxylic acids is 1. The molecule has 0 aromatic carbocycles. The quantitative estimate of drug-likeness (QED) is 0.628. The molecule has 0 aliphatic rings. The van der Waals surface area contributed by atoms with Crippen LogP contribution in [0.15, 0.2) is 18.3 Å². The summed E-state index contributed by atoms with van der Waals surface area (Å²) in [6.45, 7) is 2.91. The molecular weight excluding hydrogens is 220 g/mol. The minimum atomic E-state index is -0.954. The topological polar surface area (TPSA) is 82.5 Å². The first-order valence-corrected chi connectivity index (χ1v) is 5.67. The van der Waals surface area contributed by atoms with Gasteiger partial charge in [-0.25, -0.2) is 9.78 Å². The Kier molecular flexibility index (Phi) is 5.42. The molecule has 0 radical (unpaired) electrons. The minimum absolute atomic E-state index is 0.201. The maximum absolute atomic E-state index is 10.7. The van der Waals surface area contributed by atoms with Crippen molar-refractivity contribution in [2.45, 2.75) is 19.8 Å². The van der Waals surface area contributed by atoms with Crippen LogP contribution in [0.4, 0.5) is 5.82 Å². The molecule has 0 spiro atoms. The number of aliphatic hydroxyl groups excluding tert-OH is 1. The minimum Gasteiger partial charge on any atom is -0.478 e. The number of carbonyl (C=O) groups is 1. The van der Waals surface area contributed by atoms with Crippen molar-refractivity contribution in [3.8, 4) is 0 Å². The van der Waals surface area contributed by atoms with Crippen LogP contribution in [0.1, 0.15) is 30.1 Å². The Morgan fingerprint density at radius 2 is 2.35 bits per heavy atom. The van der Waals surface area contributed by atoms with Gasteiger partial charge in [0.05, 0.1) is 5.56 Å². The maximum Gasteiger partial charge on any atom is 0.335 e. The Morgan fingerprint density at radius 3 is 3.00 bits per heavy atom. The number of aromatic carboxylic acids is 1. The average molecular weight is 238 g/mol. The summed E-state index contributed by atoms with van der Waals surface area (Å²) in [5.41, 5.74) is 0.228. The third kappa shape index (κ3) is 4.82. The van der Waals surface area contributed by atoms with Gasteiger partial charge in [0, 0.05) is 19.3 Å². The normalized spacial score (nSPS) is 12.1. The third-order valence-corrected chi connectivity index (χ3v) is 2.50. The van der Waals surface area contributed by atoms with Crippen LogP contribution in [0.2, 0.25) is 0 Å². The zero-order chi connectivity index (χ0) is 12.7. The Bertz CT molecular complexity index is 369. The van der Waals surface area contributed by atoms with E-state index in [-0.39, 0.29) is 12.2 Å². The number of anilines is 1. The van der Waals surface area contributed by atoms with E-state index >= 15 is 0 Å². The molecule has 1 unspecified atom stereocenters. The molecule has 1 heterocycles. The molecule has 0 amide bonds. The summed E-state index contributed by atoms with van der Waals surface area (Å²) in [5, 5.41) is 20.7. The third-order valence-electron chi connectivity index (χ3n) is 2.50. The standard InChI is InChI=1S/C12H18N2O3/c1-9(8-15)3-2-5-13-11-7-10(12(16)17)4-6-14-11/h4,6-7,9,15H,2-3,5,8H2,1H3,(H,13,14)(H,16,17). The summed E-state index contributed by atoms with van der Waals surface area (Å²) in [6, 6.07) is 2.97. The van der Waals surface area contributed by atoms with E-state index in [0.29, 0.717) is 11.7 Å². The van der Waals surface area contributed by atoms with Gasteiger partial charge in [-0.3, -0.25) is 0 Å². The van der Waals surface area contributed by atoms with E-state index in [0.717, 1.165) is 19.4 Å². The highest BCUT2D eigenvalue weighted by Gasteiger charge is 2.04. The lowest BCUT2D eigenvalue weighted by Gasteiger charge is -2.09. The fourth-order valence-electron chi connectivity index (χ4n) is 1.42. The first kappa shape index (κ1) is 13.4. The van der Waals surface area contributed by atoms with Gasteiger partial charge < -0.3 is 15.5 Å². The van der Waals surface area contributed by atoms with Crippen LogP contribution in [-0.4, -0.2) is 34.3 Å². The molecule has 5 nitrogen and oxygen atoms in total. The van der Waals surface area contributed by atoms with Gasteiger partial charge in [-0.2, -0.15) is 0 Å². The van der Waals surface area contributed by atoms with Crippen molar-refractivity contribution in [2.75, 3.05) is 18.5 Å². The van der Waals surface area contributed by atoms with Crippen LogP contribution in [0.3, 0.4) is 0 Å². The number of aromatic nitrogens is 1. The molecule has 94 valence electrons. The molecule has 0 saturated heterocycles. The van der Waals surface area contributed by atoms with E-state index in [4.69, 9.17) is 10.2 Å². The highest BCUT2D eigenvalue weighted by molar-refractivity contribution is 5.88. The molecule has 3 N–H and O–H groups in total. The Hall–Kier alpha value is -1.62. The number of nitrogens with one attached hydrogen (secondary N) is 1. The van der Waals surface area contributed by atoms with Crippen LogP contribution < -0.4 is 5.32 Å². The van der Waals surface area contributed by atoms with Crippen molar-refractivity contribution < 1.29 is 15.0 Å². The highest BCUT2D eigenvalue weighted by atomic mass is 16.4. The molecule has 1 aromatic heterocycles. The average Bonchev–Trinajstić information content (AvgIpc) is 2.34. The highest BCUT2D eigenvalue weighted by Crippen LogP contribution is 2.08. The van der Waals surface area contributed by atoms with Crippen molar-refractivity contribution in [1.82, 2.24) is 4.98 Å². The molecule has 0 saturated carbocycles. The summed E-state index contributed by atoms with van der Waals surface area (Å²) in [7, 11) is 0. The Labute approximate surface area is 101 Å². The lowest BCUT2D eigenvalue weighted by atomic mass is 10.1. The second-order valence-electron chi connectivity index (χ2n) is 4.09. The first-order valence-electron chi connectivity index (χ1n) is 5.67. The summed E-state index contributed by atoms with van der Waals surface area (Å²) >= 11 is 0. The maximum atomic E-state index is 10.7. The van der Waals surface area contributed by atoms with E-state index < -0.39 is 5.97 Å². The van der Waals surface area contributed by atoms with E-state index in [1.807, 2.05) is 6.92 Å². The molecule has 1 rings (SSSR count). The van der Waals surface area contributed by atoms with Crippen molar-refractivity contribution in [2.24, 2.45) is 5.92 Å². The van der Waals surface area contributed by atoms with Gasteiger partial charge in [0.2, 0.25) is 0 Å². The van der Waals surface area contributed by atoms with Gasteiger partial charge in [0.1, 0.15) is 5.82 Å². The van der Waals surface area contributed by atoms with E-state index in [1.165, 1.54) is 18.3 Å². The van der Waals surface area contributed by atoms with Crippen LogP contribution in [0.5, 0.6) is 0 Å². The fourth-order valence-corrected chi connectivity index (χ4v) is 1.42. The largest absolute Gasteiger partial charge is 0.478 e. The molecule has 0 aliphatic heterocycles. The van der Waals surface area contributed by atoms with E-state index in [9.17, 15) is 4.79 Å². The summed E-state index contributed by atoms with van der Waals surface area (Å²) in [6.07, 6.45) is 3.32. The predicted octanol–water partition coefficient (Wildman–Crippen LogP) is 1.60. The van der Waals surface area contributed by atoms with Gasteiger partial charge in [0.15, 0.2) is 0 Å². The molecule has 0 fully saturated rings. The lowest BCUT2D eigenvalue weighted by molar-refractivity contribution is 0.0697. The first-order chi connectivity index (χ1) is 8.13. The molecule has 1 atom stereocenters. The molecule has 17 heavy (non-hydrogen) atoms. The van der Waals surface area contributed by atoms with Gasteiger partial charge in [0.25, 0.3) is 0 Å². The predicted molar refractivity (Wildman–Crippen MR) is 65.2 cm³/mol. The van der Waals surface area contributed by atoms with Crippen molar-refractivity contribution in [3.05, 3.63) is 23.9 Å². The van der Waals surface area contributed by atoms with Crippen LogP contribution in [0, 0.1) is 5.92 Å². The van der Waals surface area contributed by atoms with Crippen molar-refractivity contribution in [3.63, 3.8) is 0 Å². The van der Waals surface area contributed by atoms with Gasteiger partial charge in [-0.15, -0.1) is 0 Å². The van der Waals surface area contributed by atoms with Gasteiger partial charge >= 0.3 is 5.97 Å². The summed E-state index contributed by atoms with van der Waals surface area (Å²) < 4.78 is 0. The Morgan fingerprint density at radius 1 is 1.59 bits per heavy atom. The number of hydrogen-bond donors (Lipinski definition) is 3. The smallest absolute Gasteiger partial charge is 0.335 e. The van der Waals surface area contributed by atoms with Crippen molar-refractivity contribution >= 4 is 11.8 Å². The number of pyridine rings is 1.